The summed E-state index contributed by atoms with van der Waals surface area (Å²) >= 11 is 5.94. The first-order valence-corrected chi connectivity index (χ1v) is 7.93. The van der Waals surface area contributed by atoms with Gasteiger partial charge in [-0.05, 0) is 36.8 Å². The third kappa shape index (κ3) is 3.58. The van der Waals surface area contributed by atoms with E-state index >= 15 is 0 Å². The van der Waals surface area contributed by atoms with Gasteiger partial charge in [-0.15, -0.1) is 0 Å². The molecule has 0 spiro atoms. The van der Waals surface area contributed by atoms with Gasteiger partial charge in [-0.25, -0.2) is 4.98 Å². The van der Waals surface area contributed by atoms with E-state index in [4.69, 9.17) is 16.3 Å². The molecule has 24 heavy (non-hydrogen) atoms. The van der Waals surface area contributed by atoms with Crippen molar-refractivity contribution in [2.45, 2.75) is 19.6 Å². The first kappa shape index (κ1) is 16.5. The van der Waals surface area contributed by atoms with Crippen molar-refractivity contribution < 1.29 is 9.84 Å². The van der Waals surface area contributed by atoms with Gasteiger partial charge in [0, 0.05) is 5.02 Å². The molecule has 0 bridgehead atoms. The molecule has 1 atom stereocenters. The molecule has 1 aromatic heterocycles. The van der Waals surface area contributed by atoms with E-state index in [1.807, 2.05) is 31.2 Å². The smallest absolute Gasteiger partial charge is 0.261 e. The molecule has 2 aromatic carbocycles. The Morgan fingerprint density at radius 1 is 1.29 bits per heavy atom. The molecule has 124 valence electrons. The van der Waals surface area contributed by atoms with E-state index in [1.54, 1.807) is 18.2 Å². The van der Waals surface area contributed by atoms with Crippen LogP contribution in [0.25, 0.3) is 10.9 Å². The maximum absolute atomic E-state index is 12.5. The molecule has 0 radical (unpaired) electrons. The van der Waals surface area contributed by atoms with Crippen molar-refractivity contribution >= 4 is 22.5 Å². The molecule has 3 aromatic rings. The average molecular weight is 345 g/mol. The highest BCUT2D eigenvalue weighted by atomic mass is 35.5. The van der Waals surface area contributed by atoms with Crippen molar-refractivity contribution in [3.8, 4) is 5.75 Å². The van der Waals surface area contributed by atoms with E-state index in [9.17, 15) is 9.90 Å². The van der Waals surface area contributed by atoms with Gasteiger partial charge in [0.05, 0.1) is 23.8 Å². The zero-order chi connectivity index (χ0) is 17.1. The monoisotopic (exact) mass is 344 g/mol. The van der Waals surface area contributed by atoms with Crippen LogP contribution in [-0.2, 0) is 6.54 Å². The van der Waals surface area contributed by atoms with Crippen molar-refractivity contribution in [2.75, 3.05) is 6.61 Å². The minimum atomic E-state index is -0.833. The van der Waals surface area contributed by atoms with Crippen LogP contribution in [0.2, 0.25) is 5.02 Å². The second kappa shape index (κ2) is 7.03. The number of para-hydroxylation sites is 1. The minimum Gasteiger partial charge on any atom is -0.491 e. The number of hydrogen-bond donors (Lipinski definition) is 1. The molecule has 0 amide bonds. The Kier molecular flexibility index (Phi) is 4.83. The van der Waals surface area contributed by atoms with Gasteiger partial charge in [0.15, 0.2) is 0 Å². The molecule has 0 saturated heterocycles. The SMILES string of the molecule is Cc1ccccc1OC[C@H](O)Cn1cnc2ccc(Cl)cc2c1=O. The number of fused-ring (bicyclic) bond motifs is 1. The summed E-state index contributed by atoms with van der Waals surface area (Å²) < 4.78 is 6.98. The highest BCUT2D eigenvalue weighted by Crippen LogP contribution is 2.17. The van der Waals surface area contributed by atoms with Crippen LogP contribution in [0.15, 0.2) is 53.6 Å². The molecule has 0 aliphatic carbocycles. The summed E-state index contributed by atoms with van der Waals surface area (Å²) in [5, 5.41) is 11.1. The summed E-state index contributed by atoms with van der Waals surface area (Å²) in [6.07, 6.45) is 0.594. The molecular formula is C18H17ClN2O3. The zero-order valence-electron chi connectivity index (χ0n) is 13.1. The van der Waals surface area contributed by atoms with Gasteiger partial charge in [0.1, 0.15) is 18.5 Å². The quantitative estimate of drug-likeness (QED) is 0.773. The van der Waals surface area contributed by atoms with Crippen LogP contribution >= 0.6 is 11.6 Å². The van der Waals surface area contributed by atoms with Gasteiger partial charge in [0.25, 0.3) is 5.56 Å². The third-order valence-corrected chi connectivity index (χ3v) is 3.95. The first-order valence-electron chi connectivity index (χ1n) is 7.56. The molecule has 0 aliphatic heterocycles. The van der Waals surface area contributed by atoms with Crippen molar-refractivity contribution in [2.24, 2.45) is 0 Å². The lowest BCUT2D eigenvalue weighted by molar-refractivity contribution is 0.0911. The summed E-state index contributed by atoms with van der Waals surface area (Å²) in [6, 6.07) is 12.5. The van der Waals surface area contributed by atoms with E-state index in [-0.39, 0.29) is 18.7 Å². The molecule has 0 aliphatic rings. The Morgan fingerprint density at radius 2 is 2.08 bits per heavy atom. The number of aryl methyl sites for hydroxylation is 1. The predicted octanol–water partition coefficient (Wildman–Crippen LogP) is 2.80. The average Bonchev–Trinajstić information content (AvgIpc) is 2.57. The van der Waals surface area contributed by atoms with Crippen molar-refractivity contribution in [1.82, 2.24) is 9.55 Å². The largest absolute Gasteiger partial charge is 0.491 e. The maximum Gasteiger partial charge on any atom is 0.261 e. The van der Waals surface area contributed by atoms with E-state index in [1.165, 1.54) is 10.9 Å². The molecule has 1 N–H and O–H groups in total. The molecule has 0 fully saturated rings. The van der Waals surface area contributed by atoms with E-state index in [2.05, 4.69) is 4.98 Å². The Bertz CT molecular complexity index is 924. The van der Waals surface area contributed by atoms with Crippen LogP contribution in [0.3, 0.4) is 0 Å². The summed E-state index contributed by atoms with van der Waals surface area (Å²) in [5.74, 6) is 0.715. The van der Waals surface area contributed by atoms with Crippen molar-refractivity contribution in [3.05, 3.63) is 69.7 Å². The van der Waals surface area contributed by atoms with Crippen LogP contribution in [0.1, 0.15) is 5.56 Å². The van der Waals surface area contributed by atoms with Crippen molar-refractivity contribution in [3.63, 3.8) is 0 Å². The summed E-state index contributed by atoms with van der Waals surface area (Å²) in [7, 11) is 0. The Labute approximate surface area is 144 Å². The fourth-order valence-corrected chi connectivity index (χ4v) is 2.62. The lowest BCUT2D eigenvalue weighted by atomic mass is 10.2. The number of benzene rings is 2. The fourth-order valence-electron chi connectivity index (χ4n) is 2.45. The second-order valence-corrected chi connectivity index (χ2v) is 6.03. The highest BCUT2D eigenvalue weighted by Gasteiger charge is 2.11. The Morgan fingerprint density at radius 3 is 2.88 bits per heavy atom. The van der Waals surface area contributed by atoms with Crippen LogP contribution in [0.4, 0.5) is 0 Å². The van der Waals surface area contributed by atoms with Gasteiger partial charge in [-0.2, -0.15) is 0 Å². The van der Waals surface area contributed by atoms with Crippen LogP contribution in [0, 0.1) is 6.92 Å². The van der Waals surface area contributed by atoms with Gasteiger partial charge >= 0.3 is 0 Å². The van der Waals surface area contributed by atoms with Crippen LogP contribution in [-0.4, -0.2) is 27.4 Å². The van der Waals surface area contributed by atoms with Gasteiger partial charge in [-0.3, -0.25) is 9.36 Å². The minimum absolute atomic E-state index is 0.0882. The number of hydrogen-bond acceptors (Lipinski definition) is 4. The second-order valence-electron chi connectivity index (χ2n) is 5.59. The number of aromatic nitrogens is 2. The number of aliphatic hydroxyl groups is 1. The molecular weight excluding hydrogens is 328 g/mol. The molecule has 3 rings (SSSR count). The highest BCUT2D eigenvalue weighted by molar-refractivity contribution is 6.31. The molecule has 1 heterocycles. The third-order valence-electron chi connectivity index (χ3n) is 3.72. The predicted molar refractivity (Wildman–Crippen MR) is 93.7 cm³/mol. The number of rotatable bonds is 5. The number of nitrogens with zero attached hydrogens (tertiary/aromatic N) is 2. The van der Waals surface area contributed by atoms with Gasteiger partial charge in [-0.1, -0.05) is 29.8 Å². The fraction of sp³-hybridized carbons (Fsp3) is 0.222. The van der Waals surface area contributed by atoms with E-state index in [0.717, 1.165) is 5.56 Å². The molecule has 5 nitrogen and oxygen atoms in total. The standard InChI is InChI=1S/C18H17ClN2O3/c1-12-4-2-3-5-17(12)24-10-14(22)9-21-11-20-16-7-6-13(19)8-15(16)18(21)23/h2-8,11,14,22H,9-10H2,1H3/t14-/m1/s1. The van der Waals surface area contributed by atoms with Crippen LogP contribution < -0.4 is 10.3 Å². The van der Waals surface area contributed by atoms with Gasteiger partial charge in [0.2, 0.25) is 0 Å². The number of ether oxygens (including phenoxy) is 1. The van der Waals surface area contributed by atoms with Crippen molar-refractivity contribution in [1.29, 1.82) is 0 Å². The Hall–Kier alpha value is -2.37. The maximum atomic E-state index is 12.5. The molecule has 0 unspecified atom stereocenters. The lowest BCUT2D eigenvalue weighted by Gasteiger charge is -2.15. The topological polar surface area (TPSA) is 64.3 Å². The summed E-state index contributed by atoms with van der Waals surface area (Å²) in [4.78, 5) is 16.7. The normalized spacial score (nSPS) is 12.3. The molecule has 0 saturated carbocycles. The number of halogens is 1. The Balaban J connectivity index is 1.73. The van der Waals surface area contributed by atoms with E-state index in [0.29, 0.717) is 21.7 Å². The van der Waals surface area contributed by atoms with Crippen LogP contribution in [0.5, 0.6) is 5.75 Å². The summed E-state index contributed by atoms with van der Waals surface area (Å²) in [6.45, 7) is 2.12. The zero-order valence-corrected chi connectivity index (χ0v) is 13.9. The summed E-state index contributed by atoms with van der Waals surface area (Å²) in [5.41, 5.74) is 1.33. The molecule has 6 heteroatoms. The van der Waals surface area contributed by atoms with Gasteiger partial charge < -0.3 is 9.84 Å². The first-order chi connectivity index (χ1) is 11.5. The van der Waals surface area contributed by atoms with E-state index < -0.39 is 6.10 Å². The number of aliphatic hydroxyl groups excluding tert-OH is 1. The lowest BCUT2D eigenvalue weighted by Crippen LogP contribution is -2.30.